The highest BCUT2D eigenvalue weighted by Crippen LogP contribution is 2.40. The number of hydrogen-bond acceptors (Lipinski definition) is 5. The number of amides is 2. The van der Waals surface area contributed by atoms with Crippen LogP contribution in [0.1, 0.15) is 60.5 Å². The summed E-state index contributed by atoms with van der Waals surface area (Å²) in [6.45, 7) is 24.8. The Morgan fingerprint density at radius 1 is 1.03 bits per heavy atom. The van der Waals surface area contributed by atoms with Crippen LogP contribution in [0.2, 0.25) is 36.3 Å². The van der Waals surface area contributed by atoms with Crippen LogP contribution in [-0.4, -0.2) is 58.9 Å². The topological polar surface area (TPSA) is 65.1 Å². The van der Waals surface area contributed by atoms with Gasteiger partial charge in [-0.1, -0.05) is 78.8 Å². The van der Waals surface area contributed by atoms with Gasteiger partial charge in [-0.05, 0) is 54.7 Å². The van der Waals surface area contributed by atoms with E-state index < -0.39 is 28.6 Å². The number of carbonyl (C=O) groups is 2. The van der Waals surface area contributed by atoms with Crippen LogP contribution >= 0.6 is 0 Å². The van der Waals surface area contributed by atoms with Gasteiger partial charge >= 0.3 is 6.09 Å². The molecule has 0 spiro atoms. The smallest absolute Gasteiger partial charge is 0.416 e. The van der Waals surface area contributed by atoms with E-state index >= 15 is 0 Å². The first-order valence-electron chi connectivity index (χ1n) is 13.2. The molecule has 0 radical (unpaired) electrons. The fourth-order valence-electron chi connectivity index (χ4n) is 3.76. The highest BCUT2D eigenvalue weighted by molar-refractivity contribution is 6.74. The second-order valence-electron chi connectivity index (χ2n) is 13.2. The van der Waals surface area contributed by atoms with Crippen molar-refractivity contribution in [2.45, 2.75) is 110 Å². The molecule has 1 aromatic rings. The average Bonchev–Trinajstić information content (AvgIpc) is 3.10. The van der Waals surface area contributed by atoms with Crippen molar-refractivity contribution in [1.82, 2.24) is 4.90 Å². The van der Waals surface area contributed by atoms with Crippen LogP contribution in [0.25, 0.3) is 0 Å². The average molecular weight is 536 g/mol. The summed E-state index contributed by atoms with van der Waals surface area (Å²) in [6.07, 6.45) is 0.288. The first kappa shape index (κ1) is 30.7. The van der Waals surface area contributed by atoms with Crippen LogP contribution in [0, 0.1) is 5.92 Å². The summed E-state index contributed by atoms with van der Waals surface area (Å²) in [5, 5.41) is 0.102. The van der Waals surface area contributed by atoms with E-state index in [1.54, 1.807) is 0 Å². The van der Waals surface area contributed by atoms with Crippen molar-refractivity contribution in [2.24, 2.45) is 5.92 Å². The van der Waals surface area contributed by atoms with E-state index in [0.717, 1.165) is 5.56 Å². The van der Waals surface area contributed by atoms with E-state index in [4.69, 9.17) is 13.6 Å². The van der Waals surface area contributed by atoms with Gasteiger partial charge in [-0.25, -0.2) is 9.69 Å². The van der Waals surface area contributed by atoms with E-state index in [2.05, 4.69) is 67.7 Å². The molecular formula is C28H49NO5Si2. The first-order chi connectivity index (χ1) is 16.4. The summed E-state index contributed by atoms with van der Waals surface area (Å²) in [4.78, 5) is 27.8. The molecule has 1 heterocycles. The van der Waals surface area contributed by atoms with Crippen LogP contribution in [-0.2, 0) is 24.8 Å². The third-order valence-electron chi connectivity index (χ3n) is 8.38. The zero-order valence-corrected chi connectivity index (χ0v) is 26.4. The maximum absolute atomic E-state index is 13.8. The molecule has 0 bridgehead atoms. The predicted octanol–water partition coefficient (Wildman–Crippen LogP) is 7.01. The molecule has 2 amide bonds. The van der Waals surface area contributed by atoms with Crippen molar-refractivity contribution in [3.8, 4) is 0 Å². The van der Waals surface area contributed by atoms with Crippen LogP contribution in [0.3, 0.4) is 0 Å². The molecule has 0 saturated carbocycles. The minimum atomic E-state index is -2.17. The second-order valence-corrected chi connectivity index (χ2v) is 22.8. The lowest BCUT2D eigenvalue weighted by molar-refractivity contribution is -0.136. The van der Waals surface area contributed by atoms with Crippen LogP contribution < -0.4 is 0 Å². The molecule has 36 heavy (non-hydrogen) atoms. The Balaban J connectivity index is 2.24. The van der Waals surface area contributed by atoms with Gasteiger partial charge in [0.1, 0.15) is 6.61 Å². The molecule has 204 valence electrons. The number of cyclic esters (lactones) is 1. The van der Waals surface area contributed by atoms with Crippen molar-refractivity contribution in [3.63, 3.8) is 0 Å². The van der Waals surface area contributed by atoms with Gasteiger partial charge in [-0.2, -0.15) is 0 Å². The summed E-state index contributed by atoms with van der Waals surface area (Å²) in [5.74, 6) is -0.722. The zero-order valence-electron chi connectivity index (χ0n) is 24.4. The summed E-state index contributed by atoms with van der Waals surface area (Å²) >= 11 is 0. The maximum atomic E-state index is 13.8. The molecule has 1 saturated heterocycles. The molecule has 0 aromatic heterocycles. The Hall–Kier alpha value is -1.49. The number of nitrogens with zero attached hydrogens (tertiary/aromatic N) is 1. The summed E-state index contributed by atoms with van der Waals surface area (Å²) in [5.41, 5.74) is 1.07. The Bertz CT molecular complexity index is 889. The number of ether oxygens (including phenoxy) is 1. The SMILES string of the molecule is C[C@@H](C(=O)N1C(=O)OC[C@H]1Cc1ccccc1)[C@H](CCO[Si](C)(C)C(C)(C)C)O[Si](C)(C)C(C)(C)C. The molecule has 3 atom stereocenters. The maximum Gasteiger partial charge on any atom is 0.416 e. The van der Waals surface area contributed by atoms with E-state index in [1.165, 1.54) is 4.90 Å². The second kappa shape index (κ2) is 11.5. The fourth-order valence-corrected chi connectivity index (χ4v) is 6.25. The highest BCUT2D eigenvalue weighted by Gasteiger charge is 2.45. The molecule has 0 unspecified atom stereocenters. The van der Waals surface area contributed by atoms with E-state index in [9.17, 15) is 9.59 Å². The Morgan fingerprint density at radius 2 is 1.58 bits per heavy atom. The van der Waals surface area contributed by atoms with E-state index in [1.807, 2.05) is 37.3 Å². The van der Waals surface area contributed by atoms with E-state index in [0.29, 0.717) is 19.4 Å². The van der Waals surface area contributed by atoms with Crippen molar-refractivity contribution in [2.75, 3.05) is 13.2 Å². The van der Waals surface area contributed by atoms with Gasteiger partial charge in [-0.3, -0.25) is 4.79 Å². The molecule has 1 fully saturated rings. The third kappa shape index (κ3) is 7.52. The van der Waals surface area contributed by atoms with Crippen LogP contribution in [0.4, 0.5) is 4.79 Å². The molecule has 1 aliphatic heterocycles. The van der Waals surface area contributed by atoms with Gasteiger partial charge in [-0.15, -0.1) is 0 Å². The largest absolute Gasteiger partial charge is 0.447 e. The number of imide groups is 1. The van der Waals surface area contributed by atoms with Gasteiger partial charge in [0.25, 0.3) is 0 Å². The van der Waals surface area contributed by atoms with Gasteiger partial charge < -0.3 is 13.6 Å². The first-order valence-corrected chi connectivity index (χ1v) is 19.0. The lowest BCUT2D eigenvalue weighted by atomic mass is 9.99. The number of carbonyl (C=O) groups excluding carboxylic acids is 2. The zero-order chi connectivity index (χ0) is 27.5. The van der Waals surface area contributed by atoms with Crippen LogP contribution in [0.15, 0.2) is 30.3 Å². The third-order valence-corrected chi connectivity index (χ3v) is 17.4. The Labute approximate surface area is 221 Å². The minimum absolute atomic E-state index is 0.00325. The van der Waals surface area contributed by atoms with Gasteiger partial charge in [0, 0.05) is 6.61 Å². The Morgan fingerprint density at radius 3 is 2.11 bits per heavy atom. The highest BCUT2D eigenvalue weighted by atomic mass is 28.4. The van der Waals surface area contributed by atoms with Crippen molar-refractivity contribution >= 4 is 28.6 Å². The number of hydrogen-bond donors (Lipinski definition) is 0. The molecule has 0 N–H and O–H groups in total. The molecule has 0 aliphatic carbocycles. The number of benzene rings is 1. The number of rotatable bonds is 10. The van der Waals surface area contributed by atoms with Gasteiger partial charge in [0.15, 0.2) is 16.6 Å². The van der Waals surface area contributed by atoms with Crippen molar-refractivity contribution in [3.05, 3.63) is 35.9 Å². The Kier molecular flexibility index (Phi) is 9.82. The van der Waals surface area contributed by atoms with Crippen molar-refractivity contribution in [1.29, 1.82) is 0 Å². The van der Waals surface area contributed by atoms with Crippen LogP contribution in [0.5, 0.6) is 0 Å². The monoisotopic (exact) mass is 535 g/mol. The molecule has 6 nitrogen and oxygen atoms in total. The fraction of sp³-hybridized carbons (Fsp3) is 0.714. The minimum Gasteiger partial charge on any atom is -0.447 e. The lowest BCUT2D eigenvalue weighted by Crippen LogP contribution is -2.51. The lowest BCUT2D eigenvalue weighted by Gasteiger charge is -2.42. The summed E-state index contributed by atoms with van der Waals surface area (Å²) < 4.78 is 18.6. The predicted molar refractivity (Wildman–Crippen MR) is 151 cm³/mol. The molecule has 1 aliphatic rings. The van der Waals surface area contributed by atoms with Gasteiger partial charge in [0.2, 0.25) is 5.91 Å². The summed E-state index contributed by atoms with van der Waals surface area (Å²) in [6, 6.07) is 9.60. The molecule has 1 aromatic carbocycles. The normalized spacial score (nSPS) is 19.2. The quantitative estimate of drug-likeness (QED) is 0.301. The molecule has 2 rings (SSSR count). The summed E-state index contributed by atoms with van der Waals surface area (Å²) in [7, 11) is -4.11. The molecular weight excluding hydrogens is 486 g/mol. The standard InChI is InChI=1S/C28H49NO5Si2/c1-21(25(30)29-23(20-32-26(29)31)19-22-15-13-12-14-16-22)24(34-36(10,11)28(5,6)7)17-18-33-35(8,9)27(2,3)4/h12-16,21,23-24H,17-20H2,1-11H3/t21-,23-,24+/m1/s1. The van der Waals surface area contributed by atoms with Gasteiger partial charge in [0.05, 0.1) is 18.1 Å². The molecule has 8 heteroatoms. The van der Waals surface area contributed by atoms with E-state index in [-0.39, 0.29) is 34.7 Å². The van der Waals surface area contributed by atoms with Crippen molar-refractivity contribution < 1.29 is 23.2 Å².